The van der Waals surface area contributed by atoms with Crippen molar-refractivity contribution in [1.82, 2.24) is 30.4 Å². The number of aryl methyl sites for hydroxylation is 1. The van der Waals surface area contributed by atoms with Gasteiger partial charge in [-0.25, -0.2) is 0 Å². The third-order valence-electron chi connectivity index (χ3n) is 4.61. The van der Waals surface area contributed by atoms with Crippen LogP contribution in [0.1, 0.15) is 43.6 Å². The molecule has 0 amide bonds. The molecule has 0 saturated carbocycles. The number of halogens is 1. The molecular formula is C18H30IN7O2. The first-order chi connectivity index (χ1) is 13.2. The Morgan fingerprint density at radius 2 is 2.04 bits per heavy atom. The van der Waals surface area contributed by atoms with Gasteiger partial charge in [0.15, 0.2) is 11.8 Å². The van der Waals surface area contributed by atoms with Crippen molar-refractivity contribution in [2.24, 2.45) is 4.99 Å². The zero-order chi connectivity index (χ0) is 19.1. The molecule has 10 heteroatoms. The number of nitrogens with zero attached hydrogens (tertiary/aromatic N) is 6. The molecule has 2 aromatic rings. The van der Waals surface area contributed by atoms with Crippen molar-refractivity contribution < 1.29 is 9.05 Å². The molecule has 2 aromatic heterocycles. The van der Waals surface area contributed by atoms with E-state index >= 15 is 0 Å². The van der Waals surface area contributed by atoms with Gasteiger partial charge in [0.1, 0.15) is 6.26 Å². The van der Waals surface area contributed by atoms with E-state index < -0.39 is 0 Å². The molecule has 3 heterocycles. The SMILES string of the molecule is CN=C(NCCCc1nc(C(C)C)no1)N1CCN(Cc2ccon2)CC1.I. The Balaban J connectivity index is 0.00000280. The summed E-state index contributed by atoms with van der Waals surface area (Å²) in [4.78, 5) is 13.5. The van der Waals surface area contributed by atoms with Crippen molar-refractivity contribution in [3.05, 3.63) is 29.7 Å². The molecule has 156 valence electrons. The smallest absolute Gasteiger partial charge is 0.226 e. The first-order valence-corrected chi connectivity index (χ1v) is 9.55. The van der Waals surface area contributed by atoms with Crippen LogP contribution in [0.4, 0.5) is 0 Å². The monoisotopic (exact) mass is 503 g/mol. The molecule has 0 radical (unpaired) electrons. The van der Waals surface area contributed by atoms with E-state index in [-0.39, 0.29) is 24.0 Å². The molecule has 1 saturated heterocycles. The number of aromatic nitrogens is 3. The minimum absolute atomic E-state index is 0. The third kappa shape index (κ3) is 6.43. The van der Waals surface area contributed by atoms with Crippen LogP contribution in [0.5, 0.6) is 0 Å². The van der Waals surface area contributed by atoms with Crippen LogP contribution in [0.15, 0.2) is 26.4 Å². The molecule has 9 nitrogen and oxygen atoms in total. The molecule has 1 N–H and O–H groups in total. The van der Waals surface area contributed by atoms with Gasteiger partial charge in [-0.2, -0.15) is 4.98 Å². The van der Waals surface area contributed by atoms with Gasteiger partial charge < -0.3 is 19.3 Å². The highest BCUT2D eigenvalue weighted by molar-refractivity contribution is 14.0. The maximum absolute atomic E-state index is 5.28. The second kappa shape index (κ2) is 11.3. The lowest BCUT2D eigenvalue weighted by molar-refractivity contribution is 0.169. The highest BCUT2D eigenvalue weighted by Crippen LogP contribution is 2.10. The summed E-state index contributed by atoms with van der Waals surface area (Å²) in [6, 6.07) is 1.92. The van der Waals surface area contributed by atoms with Gasteiger partial charge >= 0.3 is 0 Å². The van der Waals surface area contributed by atoms with Gasteiger partial charge in [0.25, 0.3) is 0 Å². The summed E-state index contributed by atoms with van der Waals surface area (Å²) in [5.41, 5.74) is 0.979. The summed E-state index contributed by atoms with van der Waals surface area (Å²) in [5, 5.41) is 11.4. The van der Waals surface area contributed by atoms with Crippen molar-refractivity contribution >= 4 is 29.9 Å². The number of rotatable bonds is 7. The average molecular weight is 503 g/mol. The van der Waals surface area contributed by atoms with Crippen LogP contribution in [-0.4, -0.2) is 70.8 Å². The van der Waals surface area contributed by atoms with Crippen LogP contribution in [0, 0.1) is 0 Å². The Morgan fingerprint density at radius 3 is 2.64 bits per heavy atom. The molecule has 3 rings (SSSR count). The first kappa shape index (κ1) is 22.6. The quantitative estimate of drug-likeness (QED) is 0.266. The van der Waals surface area contributed by atoms with E-state index in [1.54, 1.807) is 6.26 Å². The van der Waals surface area contributed by atoms with Crippen LogP contribution in [0.2, 0.25) is 0 Å². The molecule has 0 bridgehead atoms. The van der Waals surface area contributed by atoms with Gasteiger partial charge in [0, 0.05) is 64.7 Å². The number of piperazine rings is 1. The minimum Gasteiger partial charge on any atom is -0.364 e. The summed E-state index contributed by atoms with van der Waals surface area (Å²) in [6.07, 6.45) is 3.31. The maximum atomic E-state index is 5.28. The van der Waals surface area contributed by atoms with E-state index in [2.05, 4.69) is 49.3 Å². The first-order valence-electron chi connectivity index (χ1n) is 9.55. The average Bonchev–Trinajstić information content (AvgIpc) is 3.35. The van der Waals surface area contributed by atoms with Gasteiger partial charge in [-0.3, -0.25) is 9.89 Å². The van der Waals surface area contributed by atoms with Crippen molar-refractivity contribution in [3.63, 3.8) is 0 Å². The van der Waals surface area contributed by atoms with Crippen molar-refractivity contribution in [2.45, 2.75) is 39.2 Å². The fraction of sp³-hybridized carbons (Fsp3) is 0.667. The second-order valence-electron chi connectivity index (χ2n) is 7.03. The predicted octanol–water partition coefficient (Wildman–Crippen LogP) is 2.12. The molecule has 0 unspecified atom stereocenters. The number of nitrogens with one attached hydrogen (secondary N) is 1. The van der Waals surface area contributed by atoms with Crippen LogP contribution in [0.3, 0.4) is 0 Å². The van der Waals surface area contributed by atoms with E-state index in [1.807, 2.05) is 13.1 Å². The number of aliphatic imine (C=N–C) groups is 1. The van der Waals surface area contributed by atoms with Gasteiger partial charge in [0.2, 0.25) is 5.89 Å². The van der Waals surface area contributed by atoms with Crippen molar-refractivity contribution in [3.8, 4) is 0 Å². The van der Waals surface area contributed by atoms with Gasteiger partial charge in [-0.05, 0) is 6.42 Å². The number of guanidine groups is 1. The highest BCUT2D eigenvalue weighted by atomic mass is 127. The Kier molecular flexibility index (Phi) is 9.16. The Morgan fingerprint density at radius 1 is 1.25 bits per heavy atom. The Bertz CT molecular complexity index is 709. The van der Waals surface area contributed by atoms with Gasteiger partial charge in [0.05, 0.1) is 5.69 Å². The van der Waals surface area contributed by atoms with E-state index in [9.17, 15) is 0 Å². The van der Waals surface area contributed by atoms with Crippen LogP contribution in [-0.2, 0) is 13.0 Å². The molecular weight excluding hydrogens is 473 g/mol. The molecule has 0 aromatic carbocycles. The molecule has 0 spiro atoms. The minimum atomic E-state index is 0. The summed E-state index contributed by atoms with van der Waals surface area (Å²) < 4.78 is 10.2. The molecule has 0 atom stereocenters. The fourth-order valence-corrected chi connectivity index (χ4v) is 3.04. The van der Waals surface area contributed by atoms with Crippen LogP contribution >= 0.6 is 24.0 Å². The summed E-state index contributed by atoms with van der Waals surface area (Å²) in [7, 11) is 1.83. The topological polar surface area (TPSA) is 95.8 Å². The summed E-state index contributed by atoms with van der Waals surface area (Å²) in [6.45, 7) is 9.63. The van der Waals surface area contributed by atoms with Crippen LogP contribution < -0.4 is 5.32 Å². The molecule has 1 aliphatic rings. The van der Waals surface area contributed by atoms with Crippen LogP contribution in [0.25, 0.3) is 0 Å². The standard InChI is InChI=1S/C18H29N7O2.HI/c1-14(2)17-21-16(27-23-17)5-4-7-20-18(19-3)25-10-8-24(9-11-25)13-15-6-12-26-22-15;/h6,12,14H,4-5,7-11,13H2,1-3H3,(H,19,20);1H. The lowest BCUT2D eigenvalue weighted by Gasteiger charge is -2.36. The Labute approximate surface area is 182 Å². The second-order valence-corrected chi connectivity index (χ2v) is 7.03. The normalized spacial score (nSPS) is 15.7. The predicted molar refractivity (Wildman–Crippen MR) is 117 cm³/mol. The lowest BCUT2D eigenvalue weighted by Crippen LogP contribution is -2.52. The van der Waals surface area contributed by atoms with Crippen molar-refractivity contribution in [1.29, 1.82) is 0 Å². The molecule has 1 aliphatic heterocycles. The zero-order valence-corrected chi connectivity index (χ0v) is 19.1. The fourth-order valence-electron chi connectivity index (χ4n) is 3.04. The Hall–Kier alpha value is -1.69. The maximum Gasteiger partial charge on any atom is 0.226 e. The number of hydrogen-bond donors (Lipinski definition) is 1. The summed E-state index contributed by atoms with van der Waals surface area (Å²) >= 11 is 0. The van der Waals surface area contributed by atoms with E-state index in [4.69, 9.17) is 9.05 Å². The highest BCUT2D eigenvalue weighted by Gasteiger charge is 2.20. The number of hydrogen-bond acceptors (Lipinski definition) is 7. The summed E-state index contributed by atoms with van der Waals surface area (Å²) in [5.74, 6) is 2.72. The molecule has 0 aliphatic carbocycles. The molecule has 28 heavy (non-hydrogen) atoms. The van der Waals surface area contributed by atoms with E-state index in [0.717, 1.165) is 69.6 Å². The van der Waals surface area contributed by atoms with Gasteiger partial charge in [-0.15, -0.1) is 24.0 Å². The molecule has 1 fully saturated rings. The largest absolute Gasteiger partial charge is 0.364 e. The van der Waals surface area contributed by atoms with E-state index in [0.29, 0.717) is 11.8 Å². The van der Waals surface area contributed by atoms with Gasteiger partial charge in [-0.1, -0.05) is 24.2 Å². The third-order valence-corrected chi connectivity index (χ3v) is 4.61. The van der Waals surface area contributed by atoms with E-state index in [1.165, 1.54) is 0 Å². The zero-order valence-electron chi connectivity index (χ0n) is 16.8. The van der Waals surface area contributed by atoms with Crippen molar-refractivity contribution in [2.75, 3.05) is 39.8 Å². The lowest BCUT2D eigenvalue weighted by atomic mass is 10.2.